The van der Waals surface area contributed by atoms with Crippen LogP contribution >= 0.6 is 0 Å². The molecule has 0 unspecified atom stereocenters. The molecule has 0 aliphatic heterocycles. The van der Waals surface area contributed by atoms with E-state index in [9.17, 15) is 14.3 Å². The van der Waals surface area contributed by atoms with Crippen molar-refractivity contribution in [3.8, 4) is 16.9 Å². The number of hydrogen-bond donors (Lipinski definition) is 2. The first-order valence-electron chi connectivity index (χ1n) is 6.30. The molecule has 0 saturated carbocycles. The molecule has 21 heavy (non-hydrogen) atoms. The second-order valence-electron chi connectivity index (χ2n) is 4.75. The van der Waals surface area contributed by atoms with Gasteiger partial charge in [0, 0.05) is 0 Å². The van der Waals surface area contributed by atoms with Gasteiger partial charge in [-0.15, -0.1) is 0 Å². The molecule has 0 radical (unpaired) electrons. The maximum Gasteiger partial charge on any atom is 0.338 e. The summed E-state index contributed by atoms with van der Waals surface area (Å²) in [6.45, 7) is 0. The monoisotopic (exact) mass is 282 g/mol. The first kappa shape index (κ1) is 13.1. The molecule has 0 spiro atoms. The van der Waals surface area contributed by atoms with Gasteiger partial charge in [0.2, 0.25) is 0 Å². The van der Waals surface area contributed by atoms with E-state index < -0.39 is 11.8 Å². The number of phenols is 1. The summed E-state index contributed by atoms with van der Waals surface area (Å²) in [7, 11) is 0. The van der Waals surface area contributed by atoms with Crippen LogP contribution in [0.2, 0.25) is 0 Å². The largest absolute Gasteiger partial charge is 0.508 e. The third-order valence-corrected chi connectivity index (χ3v) is 3.36. The summed E-state index contributed by atoms with van der Waals surface area (Å²) in [5.41, 5.74) is 1.04. The molecule has 0 saturated heterocycles. The molecule has 0 aliphatic rings. The van der Waals surface area contributed by atoms with Crippen LogP contribution in [-0.2, 0) is 0 Å². The summed E-state index contributed by atoms with van der Waals surface area (Å²) in [6.07, 6.45) is 0. The number of carboxylic acids is 1. The minimum absolute atomic E-state index is 0.187. The number of hydrogen-bond acceptors (Lipinski definition) is 2. The lowest BCUT2D eigenvalue weighted by Gasteiger charge is -2.06. The van der Waals surface area contributed by atoms with E-state index in [-0.39, 0.29) is 11.3 Å². The molecule has 0 amide bonds. The molecule has 0 fully saturated rings. The molecule has 3 rings (SSSR count). The van der Waals surface area contributed by atoms with Gasteiger partial charge in [0.25, 0.3) is 0 Å². The molecule has 3 nitrogen and oxygen atoms in total. The Morgan fingerprint density at radius 1 is 0.857 bits per heavy atom. The number of phenolic OH excluding ortho intramolecular Hbond substituents is 1. The Morgan fingerprint density at radius 2 is 1.48 bits per heavy atom. The minimum atomic E-state index is -1.28. The molecule has 104 valence electrons. The first-order valence-corrected chi connectivity index (χ1v) is 6.30. The van der Waals surface area contributed by atoms with Crippen LogP contribution in [0.5, 0.6) is 5.75 Å². The predicted molar refractivity (Wildman–Crippen MR) is 78.0 cm³/mol. The normalized spacial score (nSPS) is 10.7. The molecule has 4 heteroatoms. The van der Waals surface area contributed by atoms with Gasteiger partial charge in [-0.25, -0.2) is 9.18 Å². The van der Waals surface area contributed by atoms with Crippen molar-refractivity contribution in [2.75, 3.05) is 0 Å². The van der Waals surface area contributed by atoms with Crippen LogP contribution < -0.4 is 0 Å². The van der Waals surface area contributed by atoms with Crippen molar-refractivity contribution in [2.45, 2.75) is 0 Å². The number of rotatable bonds is 2. The van der Waals surface area contributed by atoms with E-state index >= 15 is 0 Å². The van der Waals surface area contributed by atoms with Crippen LogP contribution in [0.1, 0.15) is 10.4 Å². The Hall–Kier alpha value is -2.88. The Bertz CT molecular complexity index is 856. The van der Waals surface area contributed by atoms with Gasteiger partial charge < -0.3 is 10.2 Å². The van der Waals surface area contributed by atoms with Crippen LogP contribution in [0.3, 0.4) is 0 Å². The third-order valence-electron chi connectivity index (χ3n) is 3.36. The van der Waals surface area contributed by atoms with Gasteiger partial charge in [-0.2, -0.15) is 0 Å². The van der Waals surface area contributed by atoms with Crippen molar-refractivity contribution < 1.29 is 19.4 Å². The zero-order chi connectivity index (χ0) is 15.0. The maximum absolute atomic E-state index is 13.7. The summed E-state index contributed by atoms with van der Waals surface area (Å²) in [5.74, 6) is -1.86. The quantitative estimate of drug-likeness (QED) is 0.745. The van der Waals surface area contributed by atoms with Crippen molar-refractivity contribution in [1.82, 2.24) is 0 Å². The SMILES string of the molecule is O=C(O)c1ccc(-c2ccc3cc(O)ccc3c2)cc1F. The van der Waals surface area contributed by atoms with Gasteiger partial charge >= 0.3 is 5.97 Å². The average Bonchev–Trinajstić information content (AvgIpc) is 2.46. The Kier molecular flexibility index (Phi) is 3.06. The number of aromatic carboxylic acids is 1. The van der Waals surface area contributed by atoms with Gasteiger partial charge in [0.15, 0.2) is 0 Å². The molecule has 0 bridgehead atoms. The summed E-state index contributed by atoms with van der Waals surface area (Å²) in [6, 6.07) is 14.5. The van der Waals surface area contributed by atoms with Gasteiger partial charge in [-0.1, -0.05) is 24.3 Å². The fraction of sp³-hybridized carbons (Fsp3) is 0. The molecule has 0 aliphatic carbocycles. The van der Waals surface area contributed by atoms with E-state index in [1.807, 2.05) is 12.1 Å². The van der Waals surface area contributed by atoms with E-state index in [0.717, 1.165) is 16.3 Å². The second kappa shape index (κ2) is 4.90. The molecular formula is C17H11FO3. The van der Waals surface area contributed by atoms with Gasteiger partial charge in [-0.3, -0.25) is 0 Å². The van der Waals surface area contributed by atoms with Crippen molar-refractivity contribution >= 4 is 16.7 Å². The topological polar surface area (TPSA) is 57.5 Å². The predicted octanol–water partition coefficient (Wildman–Crippen LogP) is 4.05. The zero-order valence-corrected chi connectivity index (χ0v) is 10.9. The lowest BCUT2D eigenvalue weighted by Crippen LogP contribution is -2.00. The fourth-order valence-electron chi connectivity index (χ4n) is 2.28. The highest BCUT2D eigenvalue weighted by atomic mass is 19.1. The summed E-state index contributed by atoms with van der Waals surface area (Å²) in [5, 5.41) is 20.0. The highest BCUT2D eigenvalue weighted by Gasteiger charge is 2.11. The van der Waals surface area contributed by atoms with E-state index in [1.165, 1.54) is 12.1 Å². The first-order chi connectivity index (χ1) is 10.0. The average molecular weight is 282 g/mol. The van der Waals surface area contributed by atoms with Gasteiger partial charge in [-0.05, 0) is 52.2 Å². The lowest BCUT2D eigenvalue weighted by atomic mass is 10.00. The molecule has 3 aromatic rings. The van der Waals surface area contributed by atoms with E-state index in [0.29, 0.717) is 5.56 Å². The van der Waals surface area contributed by atoms with Crippen molar-refractivity contribution in [3.05, 3.63) is 66.0 Å². The molecule has 3 aromatic carbocycles. The molecule has 0 aromatic heterocycles. The van der Waals surface area contributed by atoms with E-state index in [4.69, 9.17) is 5.11 Å². The van der Waals surface area contributed by atoms with Gasteiger partial charge in [0.05, 0.1) is 5.56 Å². The number of aromatic hydroxyl groups is 1. The molecule has 0 atom stereocenters. The van der Waals surface area contributed by atoms with Crippen molar-refractivity contribution in [1.29, 1.82) is 0 Å². The summed E-state index contributed by atoms with van der Waals surface area (Å²) in [4.78, 5) is 10.8. The number of carboxylic acid groups (broad SMARTS) is 1. The fourth-order valence-corrected chi connectivity index (χ4v) is 2.28. The smallest absolute Gasteiger partial charge is 0.338 e. The van der Waals surface area contributed by atoms with Crippen LogP contribution in [0, 0.1) is 5.82 Å². The summed E-state index contributed by atoms with van der Waals surface area (Å²) < 4.78 is 13.7. The number of fused-ring (bicyclic) bond motifs is 1. The van der Waals surface area contributed by atoms with Crippen molar-refractivity contribution in [3.63, 3.8) is 0 Å². The number of benzene rings is 3. The van der Waals surface area contributed by atoms with Crippen LogP contribution in [0.25, 0.3) is 21.9 Å². The number of halogens is 1. The van der Waals surface area contributed by atoms with E-state index in [2.05, 4.69) is 0 Å². The highest BCUT2D eigenvalue weighted by molar-refractivity contribution is 5.90. The Morgan fingerprint density at radius 3 is 2.19 bits per heavy atom. The van der Waals surface area contributed by atoms with Crippen LogP contribution in [0.4, 0.5) is 4.39 Å². The van der Waals surface area contributed by atoms with Crippen molar-refractivity contribution in [2.24, 2.45) is 0 Å². The summed E-state index contributed by atoms with van der Waals surface area (Å²) >= 11 is 0. The van der Waals surface area contributed by atoms with E-state index in [1.54, 1.807) is 30.3 Å². The Balaban J connectivity index is 2.10. The zero-order valence-electron chi connectivity index (χ0n) is 10.9. The van der Waals surface area contributed by atoms with Crippen LogP contribution in [-0.4, -0.2) is 16.2 Å². The highest BCUT2D eigenvalue weighted by Crippen LogP contribution is 2.27. The maximum atomic E-state index is 13.7. The molecule has 2 N–H and O–H groups in total. The van der Waals surface area contributed by atoms with Crippen LogP contribution in [0.15, 0.2) is 54.6 Å². The molecular weight excluding hydrogens is 271 g/mol. The molecule has 0 heterocycles. The minimum Gasteiger partial charge on any atom is -0.508 e. The lowest BCUT2D eigenvalue weighted by molar-refractivity contribution is 0.0692. The second-order valence-corrected chi connectivity index (χ2v) is 4.75. The standard InChI is InChI=1S/C17H11FO3/c18-16-9-13(4-6-15(16)17(20)21)10-1-2-12-8-14(19)5-3-11(12)7-10/h1-9,19H,(H,20,21). The Labute approximate surface area is 119 Å². The number of carbonyl (C=O) groups is 1. The van der Waals surface area contributed by atoms with Gasteiger partial charge in [0.1, 0.15) is 11.6 Å². The third kappa shape index (κ3) is 2.43.